The topological polar surface area (TPSA) is 123 Å². The van der Waals surface area contributed by atoms with Gasteiger partial charge in [-0.2, -0.15) is 0 Å². The maximum atomic E-state index is 12.7. The molecule has 2 aromatic carbocycles. The molecule has 1 fully saturated rings. The lowest BCUT2D eigenvalue weighted by molar-refractivity contribution is 0.0957. The number of para-hydroxylation sites is 1. The molecule has 176 valence electrons. The fraction of sp³-hybridized carbons (Fsp3) is 0.269. The number of H-pyrrole nitrogens is 1. The van der Waals surface area contributed by atoms with Crippen LogP contribution in [0.5, 0.6) is 0 Å². The number of fused-ring (bicyclic) bond motifs is 1. The monoisotopic (exact) mass is 474 g/mol. The van der Waals surface area contributed by atoms with E-state index in [0.717, 1.165) is 34.9 Å². The molecule has 4 aromatic rings. The van der Waals surface area contributed by atoms with Gasteiger partial charge < -0.3 is 16.0 Å². The zero-order chi connectivity index (χ0) is 22.8. The van der Waals surface area contributed by atoms with E-state index in [9.17, 15) is 4.79 Å². The first kappa shape index (κ1) is 23.8. The van der Waals surface area contributed by atoms with Crippen LogP contribution in [0.2, 0.25) is 0 Å². The summed E-state index contributed by atoms with van der Waals surface area (Å²) in [5, 5.41) is 9.52. The Labute approximate surface area is 203 Å². The lowest BCUT2D eigenvalue weighted by Crippen LogP contribution is -2.35. The van der Waals surface area contributed by atoms with Crippen LogP contribution in [0.25, 0.3) is 22.0 Å². The summed E-state index contributed by atoms with van der Waals surface area (Å²) in [4.78, 5) is 24.3. The molecule has 0 unspecified atom stereocenters. The summed E-state index contributed by atoms with van der Waals surface area (Å²) in [5.41, 5.74) is 11.6. The van der Waals surface area contributed by atoms with Gasteiger partial charge in [-0.3, -0.25) is 9.93 Å². The van der Waals surface area contributed by atoms with Gasteiger partial charge in [0.2, 0.25) is 5.95 Å². The lowest BCUT2D eigenvalue weighted by atomic mass is 9.60. The molecule has 1 amide bonds. The predicted octanol–water partition coefficient (Wildman–Crippen LogP) is 4.65. The van der Waals surface area contributed by atoms with Gasteiger partial charge in [0.1, 0.15) is 0 Å². The van der Waals surface area contributed by atoms with E-state index in [2.05, 4.69) is 56.8 Å². The van der Waals surface area contributed by atoms with Gasteiger partial charge in [0.05, 0.1) is 11.1 Å². The molecule has 34 heavy (non-hydrogen) atoms. The Morgan fingerprint density at radius 1 is 1.09 bits per heavy atom. The minimum Gasteiger partial charge on any atom is -0.368 e. The van der Waals surface area contributed by atoms with Gasteiger partial charge in [-0.25, -0.2) is 9.97 Å². The van der Waals surface area contributed by atoms with Crippen molar-refractivity contribution in [1.29, 1.82) is 0 Å². The number of rotatable bonds is 7. The summed E-state index contributed by atoms with van der Waals surface area (Å²) in [6.07, 6.45) is 8.90. The molecule has 0 aliphatic heterocycles. The van der Waals surface area contributed by atoms with E-state index in [1.807, 2.05) is 12.1 Å². The molecule has 2 aromatic heterocycles. The maximum Gasteiger partial charge on any atom is 0.253 e. The highest BCUT2D eigenvalue weighted by Crippen LogP contribution is 2.51. The van der Waals surface area contributed by atoms with Crippen LogP contribution in [-0.2, 0) is 5.41 Å². The molecule has 7 nitrogen and oxygen atoms in total. The minimum atomic E-state index is -0.0826. The zero-order valence-electron chi connectivity index (χ0n) is 18.2. The fourth-order valence-corrected chi connectivity index (χ4v) is 4.99. The van der Waals surface area contributed by atoms with Gasteiger partial charge in [-0.1, -0.05) is 62.2 Å². The van der Waals surface area contributed by atoms with Gasteiger partial charge in [0, 0.05) is 47.3 Å². The number of nitrogens with two attached hydrogens (primary N) is 2. The Morgan fingerprint density at radius 3 is 2.47 bits per heavy atom. The van der Waals surface area contributed by atoms with Crippen molar-refractivity contribution >= 4 is 34.7 Å². The molecule has 1 saturated carbocycles. The average Bonchev–Trinajstić information content (AvgIpc) is 3.24. The van der Waals surface area contributed by atoms with Crippen molar-refractivity contribution in [2.45, 2.75) is 32.1 Å². The van der Waals surface area contributed by atoms with Crippen LogP contribution in [0.15, 0.2) is 61.1 Å². The minimum absolute atomic E-state index is 0. The van der Waals surface area contributed by atoms with Gasteiger partial charge in [0.25, 0.3) is 5.91 Å². The highest BCUT2D eigenvalue weighted by Gasteiger charge is 2.42. The quantitative estimate of drug-likeness (QED) is 0.228. The highest BCUT2D eigenvalue weighted by molar-refractivity contribution is 7.97. The summed E-state index contributed by atoms with van der Waals surface area (Å²) in [7, 11) is 0. The van der Waals surface area contributed by atoms with E-state index in [1.54, 1.807) is 12.4 Å². The number of nitrogen functional groups attached to an aromatic ring is 1. The molecule has 0 spiro atoms. The maximum absolute atomic E-state index is 12.7. The highest BCUT2D eigenvalue weighted by atomic mass is 32.2. The van der Waals surface area contributed by atoms with E-state index in [0.29, 0.717) is 17.9 Å². The van der Waals surface area contributed by atoms with Crippen molar-refractivity contribution in [3.05, 3.63) is 77.7 Å². The van der Waals surface area contributed by atoms with Crippen LogP contribution < -0.4 is 16.2 Å². The van der Waals surface area contributed by atoms with Crippen LogP contribution in [0, 0.1) is 0 Å². The first-order valence-electron chi connectivity index (χ1n) is 11.0. The molecule has 5 rings (SSSR count). The number of nitrogens with one attached hydrogen (secondary N) is 2. The first-order chi connectivity index (χ1) is 16.1. The molecule has 1 aliphatic carbocycles. The van der Waals surface area contributed by atoms with Gasteiger partial charge in [0.15, 0.2) is 0 Å². The lowest BCUT2D eigenvalue weighted by Gasteiger charge is -2.43. The van der Waals surface area contributed by atoms with Crippen molar-refractivity contribution in [1.82, 2.24) is 20.3 Å². The van der Waals surface area contributed by atoms with Gasteiger partial charge >= 0.3 is 0 Å². The second-order valence-electron chi connectivity index (χ2n) is 8.40. The van der Waals surface area contributed by atoms with Crippen LogP contribution in [-0.4, -0.2) is 33.2 Å². The molecule has 0 atom stereocenters. The number of hydrogen-bond acceptors (Lipinski definition) is 6. The normalized spacial score (nSPS) is 14.3. The van der Waals surface area contributed by atoms with Crippen LogP contribution in [0.1, 0.15) is 48.2 Å². The largest absolute Gasteiger partial charge is 0.368 e. The SMILES string of the molecule is C.NSCCNC(=O)c1cccc2c(C3(c4ccc(-c5cnc(N)nc5)cc4)CCC3)c[nH]c12. The zero-order valence-corrected chi connectivity index (χ0v) is 19.0. The number of aromatic amines is 1. The summed E-state index contributed by atoms with van der Waals surface area (Å²) in [6, 6.07) is 14.6. The van der Waals surface area contributed by atoms with Crippen molar-refractivity contribution in [2.75, 3.05) is 18.0 Å². The summed E-state index contributed by atoms with van der Waals surface area (Å²) < 4.78 is 0. The molecule has 8 heteroatoms. The number of benzene rings is 2. The van der Waals surface area contributed by atoms with Crippen molar-refractivity contribution < 1.29 is 4.79 Å². The summed E-state index contributed by atoms with van der Waals surface area (Å²) >= 11 is 1.22. The molecule has 1 aliphatic rings. The van der Waals surface area contributed by atoms with Gasteiger partial charge in [-0.15, -0.1) is 0 Å². The standard InChI is InChI=1S/C25H26N6OS.CH4/c26-24-30-13-17(14-31-24)16-5-7-18(8-6-16)25(9-2-10-25)21-15-29-22-19(21)3-1-4-20(22)23(32)28-11-12-33-27;/h1,3-8,13-15,29H,2,9-12,27H2,(H,28,32)(H2,26,30,31);1H4. The number of aromatic nitrogens is 3. The van der Waals surface area contributed by atoms with Crippen molar-refractivity contribution in [3.63, 3.8) is 0 Å². The number of nitrogens with zero attached hydrogens (tertiary/aromatic N) is 2. The molecule has 6 N–H and O–H groups in total. The molecule has 0 saturated heterocycles. The average molecular weight is 475 g/mol. The predicted molar refractivity (Wildman–Crippen MR) is 141 cm³/mol. The van der Waals surface area contributed by atoms with Crippen LogP contribution in [0.4, 0.5) is 5.95 Å². The molecule has 0 radical (unpaired) electrons. The van der Waals surface area contributed by atoms with Crippen LogP contribution in [0.3, 0.4) is 0 Å². The number of amides is 1. The smallest absolute Gasteiger partial charge is 0.253 e. The van der Waals surface area contributed by atoms with Crippen molar-refractivity contribution in [2.24, 2.45) is 5.14 Å². The Morgan fingerprint density at radius 2 is 1.82 bits per heavy atom. The van der Waals surface area contributed by atoms with E-state index < -0.39 is 0 Å². The summed E-state index contributed by atoms with van der Waals surface area (Å²) in [5.74, 6) is 0.870. The molecule has 0 bridgehead atoms. The Balaban J connectivity index is 0.00000274. The Bertz CT molecular complexity index is 1280. The number of hydrogen-bond donors (Lipinski definition) is 4. The Hall–Kier alpha value is -3.36. The van der Waals surface area contributed by atoms with Crippen molar-refractivity contribution in [3.8, 4) is 11.1 Å². The third-order valence-electron chi connectivity index (χ3n) is 6.63. The second-order valence-corrected chi connectivity index (χ2v) is 9.14. The number of carbonyl (C=O) groups excluding carboxylic acids is 1. The number of anilines is 1. The van der Waals surface area contributed by atoms with E-state index in [1.165, 1.54) is 29.5 Å². The van der Waals surface area contributed by atoms with Gasteiger partial charge in [-0.05, 0) is 35.6 Å². The molecular weight excluding hydrogens is 444 g/mol. The molecule has 2 heterocycles. The third-order valence-corrected chi connectivity index (χ3v) is 7.07. The first-order valence-corrected chi connectivity index (χ1v) is 12.1. The molecular formula is C26H30N6OS. The van der Waals surface area contributed by atoms with Crippen LogP contribution >= 0.6 is 11.9 Å². The Kier molecular flexibility index (Phi) is 6.90. The van der Waals surface area contributed by atoms with E-state index in [-0.39, 0.29) is 24.7 Å². The summed E-state index contributed by atoms with van der Waals surface area (Å²) in [6.45, 7) is 0.541. The fourth-order valence-electron chi connectivity index (χ4n) is 4.77. The number of carbonyl (C=O) groups is 1. The van der Waals surface area contributed by atoms with E-state index in [4.69, 9.17) is 10.9 Å². The van der Waals surface area contributed by atoms with E-state index >= 15 is 0 Å². The second kappa shape index (κ2) is 9.87. The third kappa shape index (κ3) is 4.15.